The van der Waals surface area contributed by atoms with Crippen molar-refractivity contribution in [2.45, 2.75) is 26.3 Å². The van der Waals surface area contributed by atoms with Gasteiger partial charge < -0.3 is 15.3 Å². The standard InChI is InChI=1S/C15H21FN2O3/c1-11(6-7-14(19)20)9-17-15(21)18(2)10-12-4-3-5-13(16)8-12/h3-5,8,11H,6-7,9-10H2,1-2H3,(H,17,21)(H,19,20). The van der Waals surface area contributed by atoms with E-state index in [2.05, 4.69) is 5.32 Å². The van der Waals surface area contributed by atoms with Crippen molar-refractivity contribution in [3.8, 4) is 0 Å². The van der Waals surface area contributed by atoms with Crippen molar-refractivity contribution < 1.29 is 19.1 Å². The molecule has 1 atom stereocenters. The van der Waals surface area contributed by atoms with E-state index in [9.17, 15) is 14.0 Å². The first-order chi connectivity index (χ1) is 9.88. The quantitative estimate of drug-likeness (QED) is 0.812. The SMILES string of the molecule is CC(CCC(=O)O)CNC(=O)N(C)Cc1cccc(F)c1. The van der Waals surface area contributed by atoms with E-state index in [1.807, 2.05) is 6.92 Å². The number of nitrogens with zero attached hydrogens (tertiary/aromatic N) is 1. The van der Waals surface area contributed by atoms with Gasteiger partial charge in [0.1, 0.15) is 5.82 Å². The van der Waals surface area contributed by atoms with Crippen molar-refractivity contribution in [2.24, 2.45) is 5.92 Å². The van der Waals surface area contributed by atoms with Crippen molar-refractivity contribution >= 4 is 12.0 Å². The van der Waals surface area contributed by atoms with Gasteiger partial charge >= 0.3 is 12.0 Å². The molecule has 0 aliphatic carbocycles. The highest BCUT2D eigenvalue weighted by molar-refractivity contribution is 5.73. The molecule has 1 unspecified atom stereocenters. The lowest BCUT2D eigenvalue weighted by atomic mass is 10.1. The molecule has 5 nitrogen and oxygen atoms in total. The van der Waals surface area contributed by atoms with E-state index in [0.29, 0.717) is 25.1 Å². The number of carbonyl (C=O) groups is 2. The molecule has 116 valence electrons. The number of benzene rings is 1. The molecule has 0 heterocycles. The van der Waals surface area contributed by atoms with E-state index in [1.54, 1.807) is 19.2 Å². The van der Waals surface area contributed by atoms with E-state index in [-0.39, 0.29) is 24.2 Å². The Balaban J connectivity index is 2.35. The van der Waals surface area contributed by atoms with Gasteiger partial charge in [-0.25, -0.2) is 9.18 Å². The van der Waals surface area contributed by atoms with Crippen LogP contribution in [0.3, 0.4) is 0 Å². The molecule has 1 aromatic carbocycles. The number of carbonyl (C=O) groups excluding carboxylic acids is 1. The van der Waals surface area contributed by atoms with E-state index in [0.717, 1.165) is 0 Å². The predicted molar refractivity (Wildman–Crippen MR) is 77.3 cm³/mol. The molecule has 0 aliphatic rings. The lowest BCUT2D eigenvalue weighted by Gasteiger charge is -2.19. The summed E-state index contributed by atoms with van der Waals surface area (Å²) in [7, 11) is 1.63. The third-order valence-electron chi connectivity index (χ3n) is 3.11. The number of carboxylic acids is 1. The zero-order valence-corrected chi connectivity index (χ0v) is 12.3. The minimum Gasteiger partial charge on any atom is -0.481 e. The van der Waals surface area contributed by atoms with Gasteiger partial charge in [-0.05, 0) is 30.0 Å². The molecule has 2 N–H and O–H groups in total. The average molecular weight is 296 g/mol. The Kier molecular flexibility index (Phi) is 6.65. The summed E-state index contributed by atoms with van der Waals surface area (Å²) in [5.41, 5.74) is 0.714. The zero-order valence-electron chi connectivity index (χ0n) is 12.3. The van der Waals surface area contributed by atoms with Crippen molar-refractivity contribution in [3.05, 3.63) is 35.6 Å². The zero-order chi connectivity index (χ0) is 15.8. The number of aliphatic carboxylic acids is 1. The maximum absolute atomic E-state index is 13.1. The van der Waals surface area contributed by atoms with Gasteiger partial charge in [0.2, 0.25) is 0 Å². The van der Waals surface area contributed by atoms with Crippen LogP contribution >= 0.6 is 0 Å². The molecule has 0 saturated carbocycles. The minimum absolute atomic E-state index is 0.0904. The lowest BCUT2D eigenvalue weighted by Crippen LogP contribution is -2.38. The molecular formula is C15H21FN2O3. The highest BCUT2D eigenvalue weighted by Gasteiger charge is 2.11. The van der Waals surface area contributed by atoms with Gasteiger partial charge in [0, 0.05) is 26.6 Å². The Morgan fingerprint density at radius 2 is 2.14 bits per heavy atom. The van der Waals surface area contributed by atoms with Crippen LogP contribution in [0.15, 0.2) is 24.3 Å². The van der Waals surface area contributed by atoms with Crippen LogP contribution in [-0.4, -0.2) is 35.6 Å². The third kappa shape index (κ3) is 6.74. The van der Waals surface area contributed by atoms with Crippen LogP contribution in [0.5, 0.6) is 0 Å². The van der Waals surface area contributed by atoms with E-state index < -0.39 is 5.97 Å². The summed E-state index contributed by atoms with van der Waals surface area (Å²) in [6.07, 6.45) is 0.611. The summed E-state index contributed by atoms with van der Waals surface area (Å²) in [5, 5.41) is 11.3. The Morgan fingerprint density at radius 3 is 2.76 bits per heavy atom. The fraction of sp³-hybridized carbons (Fsp3) is 0.467. The maximum atomic E-state index is 13.1. The first-order valence-corrected chi connectivity index (χ1v) is 6.83. The van der Waals surface area contributed by atoms with Crippen LogP contribution in [0.2, 0.25) is 0 Å². The molecule has 0 spiro atoms. The number of hydrogen-bond acceptors (Lipinski definition) is 2. The Labute approximate surface area is 123 Å². The molecule has 21 heavy (non-hydrogen) atoms. The monoisotopic (exact) mass is 296 g/mol. The third-order valence-corrected chi connectivity index (χ3v) is 3.11. The Bertz CT molecular complexity index is 494. The summed E-state index contributed by atoms with van der Waals surface area (Å²) >= 11 is 0. The second kappa shape index (κ2) is 8.24. The highest BCUT2D eigenvalue weighted by atomic mass is 19.1. The molecule has 2 amide bonds. The van der Waals surface area contributed by atoms with Gasteiger partial charge in [-0.2, -0.15) is 0 Å². The van der Waals surface area contributed by atoms with Gasteiger partial charge in [0.25, 0.3) is 0 Å². The number of nitrogens with one attached hydrogen (secondary N) is 1. The van der Waals surface area contributed by atoms with Crippen molar-refractivity contribution in [3.63, 3.8) is 0 Å². The summed E-state index contributed by atoms with van der Waals surface area (Å²) in [5.74, 6) is -1.08. The van der Waals surface area contributed by atoms with Crippen molar-refractivity contribution in [1.29, 1.82) is 0 Å². The Morgan fingerprint density at radius 1 is 1.43 bits per heavy atom. The Hall–Kier alpha value is -2.11. The fourth-order valence-electron chi connectivity index (χ4n) is 1.85. The molecule has 1 aromatic rings. The van der Waals surface area contributed by atoms with E-state index in [1.165, 1.54) is 17.0 Å². The number of carboxylic acid groups (broad SMARTS) is 1. The predicted octanol–water partition coefficient (Wildman–Crippen LogP) is 2.47. The van der Waals surface area contributed by atoms with Crippen LogP contribution in [0, 0.1) is 11.7 Å². The summed E-state index contributed by atoms with van der Waals surface area (Å²) < 4.78 is 13.1. The molecule has 0 bridgehead atoms. The second-order valence-corrected chi connectivity index (χ2v) is 5.21. The molecule has 0 radical (unpaired) electrons. The highest BCUT2D eigenvalue weighted by Crippen LogP contribution is 2.07. The average Bonchev–Trinajstić information content (AvgIpc) is 2.42. The van der Waals surface area contributed by atoms with Gasteiger partial charge in [-0.3, -0.25) is 4.79 Å². The molecule has 0 aromatic heterocycles. The van der Waals surface area contributed by atoms with Gasteiger partial charge in [-0.15, -0.1) is 0 Å². The maximum Gasteiger partial charge on any atom is 0.317 e. The van der Waals surface area contributed by atoms with Crippen LogP contribution in [0.4, 0.5) is 9.18 Å². The van der Waals surface area contributed by atoms with Crippen LogP contribution < -0.4 is 5.32 Å². The van der Waals surface area contributed by atoms with Crippen molar-refractivity contribution in [1.82, 2.24) is 10.2 Å². The molecular weight excluding hydrogens is 275 g/mol. The number of hydrogen-bond donors (Lipinski definition) is 2. The first kappa shape index (κ1) is 16.9. The summed E-state index contributed by atoms with van der Waals surface area (Å²) in [6, 6.07) is 5.83. The number of amides is 2. The molecule has 0 fully saturated rings. The van der Waals surface area contributed by atoms with Gasteiger partial charge in [0.15, 0.2) is 0 Å². The number of halogens is 1. The van der Waals surface area contributed by atoms with Gasteiger partial charge in [0.05, 0.1) is 0 Å². The number of rotatable bonds is 7. The van der Waals surface area contributed by atoms with E-state index in [4.69, 9.17) is 5.11 Å². The van der Waals surface area contributed by atoms with Crippen LogP contribution in [0.1, 0.15) is 25.3 Å². The first-order valence-electron chi connectivity index (χ1n) is 6.83. The minimum atomic E-state index is -0.837. The van der Waals surface area contributed by atoms with Gasteiger partial charge in [-0.1, -0.05) is 19.1 Å². The van der Waals surface area contributed by atoms with E-state index >= 15 is 0 Å². The molecule has 6 heteroatoms. The summed E-state index contributed by atoms with van der Waals surface area (Å²) in [6.45, 7) is 2.61. The second-order valence-electron chi connectivity index (χ2n) is 5.21. The normalized spacial score (nSPS) is 11.8. The largest absolute Gasteiger partial charge is 0.481 e. The van der Waals surface area contributed by atoms with Crippen molar-refractivity contribution in [2.75, 3.05) is 13.6 Å². The summed E-state index contributed by atoms with van der Waals surface area (Å²) in [4.78, 5) is 23.8. The molecule has 1 rings (SSSR count). The van der Waals surface area contributed by atoms with Crippen LogP contribution in [0.25, 0.3) is 0 Å². The van der Waals surface area contributed by atoms with Crippen LogP contribution in [-0.2, 0) is 11.3 Å². The number of urea groups is 1. The lowest BCUT2D eigenvalue weighted by molar-refractivity contribution is -0.137. The fourth-order valence-corrected chi connectivity index (χ4v) is 1.85. The smallest absolute Gasteiger partial charge is 0.317 e. The molecule has 0 saturated heterocycles. The molecule has 0 aliphatic heterocycles. The topological polar surface area (TPSA) is 69.6 Å².